The molecule has 0 saturated heterocycles. The van der Waals surface area contributed by atoms with Crippen molar-refractivity contribution < 1.29 is 14.2 Å². The third-order valence-electron chi connectivity index (χ3n) is 3.73. The molecule has 6 heteroatoms. The lowest BCUT2D eigenvalue weighted by molar-refractivity contribution is 0.159. The lowest BCUT2D eigenvalue weighted by Gasteiger charge is -2.14. The molecule has 3 rings (SSSR count). The summed E-state index contributed by atoms with van der Waals surface area (Å²) in [5, 5.41) is 11.4. The second-order valence-corrected chi connectivity index (χ2v) is 6.59. The number of aryl methyl sites for hydroxylation is 1. The molecule has 0 fully saturated rings. The number of halogens is 1. The van der Waals surface area contributed by atoms with E-state index in [1.54, 1.807) is 24.5 Å². The van der Waals surface area contributed by atoms with E-state index in [0.29, 0.717) is 24.3 Å². The Labute approximate surface area is 144 Å². The fourth-order valence-electron chi connectivity index (χ4n) is 2.59. The summed E-state index contributed by atoms with van der Waals surface area (Å²) in [6.07, 6.45) is 4.81. The molecular formula is C18H19FN2O2S. The highest BCUT2D eigenvalue weighted by Gasteiger charge is 2.14. The largest absolute Gasteiger partial charge is 0.493 e. The van der Waals surface area contributed by atoms with Gasteiger partial charge in [0.15, 0.2) is 0 Å². The van der Waals surface area contributed by atoms with E-state index >= 15 is 0 Å². The molecule has 0 aliphatic rings. The average Bonchev–Trinajstić information content (AvgIpc) is 2.97. The van der Waals surface area contributed by atoms with Crippen molar-refractivity contribution in [3.63, 3.8) is 0 Å². The lowest BCUT2D eigenvalue weighted by Crippen LogP contribution is -2.03. The van der Waals surface area contributed by atoms with Crippen molar-refractivity contribution in [2.24, 2.45) is 0 Å². The van der Waals surface area contributed by atoms with Gasteiger partial charge in [0.2, 0.25) is 0 Å². The molecule has 3 aromatic rings. The van der Waals surface area contributed by atoms with Gasteiger partial charge >= 0.3 is 0 Å². The number of fused-ring (bicyclic) bond motifs is 1. The summed E-state index contributed by atoms with van der Waals surface area (Å²) in [7, 11) is 0. The summed E-state index contributed by atoms with van der Waals surface area (Å²) >= 11 is 1.50. The van der Waals surface area contributed by atoms with Crippen molar-refractivity contribution in [2.45, 2.75) is 32.3 Å². The number of aromatic nitrogens is 2. The SMILES string of the molecule is CCOc1ccncc1C(O)CCCc1nc2ccc(F)cc2s1. The van der Waals surface area contributed by atoms with Gasteiger partial charge in [-0.05, 0) is 50.5 Å². The number of thiazole rings is 1. The maximum atomic E-state index is 13.2. The molecule has 1 atom stereocenters. The molecule has 0 saturated carbocycles. The van der Waals surface area contributed by atoms with Crippen molar-refractivity contribution >= 4 is 21.6 Å². The summed E-state index contributed by atoms with van der Waals surface area (Å²) in [6.45, 7) is 2.46. The quantitative estimate of drug-likeness (QED) is 0.693. The van der Waals surface area contributed by atoms with Crippen LogP contribution in [-0.2, 0) is 6.42 Å². The predicted molar refractivity (Wildman–Crippen MR) is 92.9 cm³/mol. The van der Waals surface area contributed by atoms with E-state index in [1.807, 2.05) is 6.92 Å². The molecule has 2 heterocycles. The molecule has 126 valence electrons. The maximum absolute atomic E-state index is 13.2. The summed E-state index contributed by atoms with van der Waals surface area (Å²) in [5.41, 5.74) is 1.54. The first-order chi connectivity index (χ1) is 11.7. The molecule has 1 aromatic carbocycles. The molecule has 1 N–H and O–H groups in total. The van der Waals surface area contributed by atoms with Gasteiger partial charge in [0.1, 0.15) is 11.6 Å². The second kappa shape index (κ2) is 7.68. The Morgan fingerprint density at radius 3 is 3.04 bits per heavy atom. The number of rotatable bonds is 7. The van der Waals surface area contributed by atoms with Crippen molar-refractivity contribution in [3.8, 4) is 5.75 Å². The standard InChI is InChI=1S/C18H19FN2O2S/c1-2-23-16-8-9-20-11-13(16)15(22)4-3-5-18-21-14-7-6-12(19)10-17(14)24-18/h6-11,15,22H,2-5H2,1H3. The number of nitrogens with zero attached hydrogens (tertiary/aromatic N) is 2. The van der Waals surface area contributed by atoms with E-state index in [9.17, 15) is 9.50 Å². The molecule has 4 nitrogen and oxygen atoms in total. The molecule has 0 amide bonds. The molecule has 0 spiro atoms. The molecule has 0 radical (unpaired) electrons. The minimum atomic E-state index is -0.618. The van der Waals surface area contributed by atoms with Crippen LogP contribution in [0.15, 0.2) is 36.7 Å². The molecule has 24 heavy (non-hydrogen) atoms. The summed E-state index contributed by atoms with van der Waals surface area (Å²) in [4.78, 5) is 8.57. The van der Waals surface area contributed by atoms with Crippen LogP contribution in [0, 0.1) is 5.82 Å². The Hall–Kier alpha value is -2.05. The third-order valence-corrected chi connectivity index (χ3v) is 4.81. The summed E-state index contributed by atoms with van der Waals surface area (Å²) in [5.74, 6) is 0.434. The van der Waals surface area contributed by atoms with E-state index in [-0.39, 0.29) is 5.82 Å². The molecule has 2 aromatic heterocycles. The number of ether oxygens (including phenoxy) is 1. The van der Waals surface area contributed by atoms with Gasteiger partial charge in [-0.2, -0.15) is 0 Å². The predicted octanol–water partition coefficient (Wildman–Crippen LogP) is 4.29. The van der Waals surface area contributed by atoms with Gasteiger partial charge in [-0.3, -0.25) is 4.98 Å². The zero-order valence-electron chi connectivity index (χ0n) is 13.4. The van der Waals surface area contributed by atoms with Crippen molar-refractivity contribution in [2.75, 3.05) is 6.61 Å². The highest BCUT2D eigenvalue weighted by Crippen LogP contribution is 2.29. The monoisotopic (exact) mass is 346 g/mol. The smallest absolute Gasteiger partial charge is 0.128 e. The topological polar surface area (TPSA) is 55.2 Å². The zero-order chi connectivity index (χ0) is 16.9. The Kier molecular flexibility index (Phi) is 5.37. The number of hydrogen-bond acceptors (Lipinski definition) is 5. The number of aliphatic hydroxyl groups excluding tert-OH is 1. The molecule has 0 aliphatic heterocycles. The number of hydrogen-bond donors (Lipinski definition) is 1. The molecule has 0 aliphatic carbocycles. The van der Waals surface area contributed by atoms with Crippen LogP contribution >= 0.6 is 11.3 Å². The van der Waals surface area contributed by atoms with Crippen molar-refractivity contribution in [3.05, 3.63) is 53.0 Å². The van der Waals surface area contributed by atoms with Gasteiger partial charge in [-0.25, -0.2) is 9.37 Å². The van der Waals surface area contributed by atoms with E-state index in [4.69, 9.17) is 4.74 Å². The van der Waals surface area contributed by atoms with Crippen LogP contribution in [0.4, 0.5) is 4.39 Å². The fourth-order valence-corrected chi connectivity index (χ4v) is 3.62. The fraction of sp³-hybridized carbons (Fsp3) is 0.333. The first-order valence-corrected chi connectivity index (χ1v) is 8.78. The minimum Gasteiger partial charge on any atom is -0.493 e. The van der Waals surface area contributed by atoms with Crippen LogP contribution in [-0.4, -0.2) is 21.7 Å². The van der Waals surface area contributed by atoms with Crippen molar-refractivity contribution in [1.82, 2.24) is 9.97 Å². The molecular weight excluding hydrogens is 327 g/mol. The molecule has 0 bridgehead atoms. The van der Waals surface area contributed by atoms with Crippen LogP contribution < -0.4 is 4.74 Å². The third kappa shape index (κ3) is 3.88. The zero-order valence-corrected chi connectivity index (χ0v) is 14.2. The number of benzene rings is 1. The van der Waals surface area contributed by atoms with Crippen LogP contribution in [0.2, 0.25) is 0 Å². The van der Waals surface area contributed by atoms with Crippen LogP contribution in [0.25, 0.3) is 10.2 Å². The van der Waals surface area contributed by atoms with E-state index in [1.165, 1.54) is 23.5 Å². The lowest BCUT2D eigenvalue weighted by atomic mass is 10.0. The van der Waals surface area contributed by atoms with Gasteiger partial charge in [-0.1, -0.05) is 0 Å². The van der Waals surface area contributed by atoms with E-state index < -0.39 is 6.10 Å². The Bertz CT molecular complexity index is 822. The minimum absolute atomic E-state index is 0.242. The Balaban J connectivity index is 1.61. The highest BCUT2D eigenvalue weighted by molar-refractivity contribution is 7.18. The van der Waals surface area contributed by atoms with Crippen LogP contribution in [0.3, 0.4) is 0 Å². The first kappa shape index (κ1) is 16.8. The molecule has 1 unspecified atom stereocenters. The normalized spacial score (nSPS) is 12.5. The van der Waals surface area contributed by atoms with E-state index in [2.05, 4.69) is 9.97 Å². The van der Waals surface area contributed by atoms with Crippen LogP contribution in [0.1, 0.15) is 36.4 Å². The van der Waals surface area contributed by atoms with Crippen molar-refractivity contribution in [1.29, 1.82) is 0 Å². The van der Waals surface area contributed by atoms with Gasteiger partial charge in [-0.15, -0.1) is 11.3 Å². The van der Waals surface area contributed by atoms with Crippen LogP contribution in [0.5, 0.6) is 5.75 Å². The van der Waals surface area contributed by atoms with Gasteiger partial charge in [0.25, 0.3) is 0 Å². The number of pyridine rings is 1. The average molecular weight is 346 g/mol. The second-order valence-electron chi connectivity index (χ2n) is 5.47. The van der Waals surface area contributed by atoms with Gasteiger partial charge in [0.05, 0.1) is 27.9 Å². The Morgan fingerprint density at radius 1 is 1.33 bits per heavy atom. The maximum Gasteiger partial charge on any atom is 0.128 e. The Morgan fingerprint density at radius 2 is 2.21 bits per heavy atom. The first-order valence-electron chi connectivity index (χ1n) is 7.97. The van der Waals surface area contributed by atoms with E-state index in [0.717, 1.165) is 28.1 Å². The summed E-state index contributed by atoms with van der Waals surface area (Å²) < 4.78 is 19.6. The summed E-state index contributed by atoms with van der Waals surface area (Å²) in [6, 6.07) is 6.40. The van der Waals surface area contributed by atoms with Gasteiger partial charge in [0, 0.05) is 18.0 Å². The number of aliphatic hydroxyl groups is 1. The highest BCUT2D eigenvalue weighted by atomic mass is 32.1. The van der Waals surface area contributed by atoms with Gasteiger partial charge < -0.3 is 9.84 Å².